The van der Waals surface area contributed by atoms with Crippen LogP contribution in [0.15, 0.2) is 47.1 Å². The molecule has 9 heteroatoms. The molecule has 0 atom stereocenters. The topological polar surface area (TPSA) is 74.8 Å². The van der Waals surface area contributed by atoms with Crippen molar-refractivity contribution in [2.75, 3.05) is 12.9 Å². The van der Waals surface area contributed by atoms with Gasteiger partial charge in [-0.25, -0.2) is 4.98 Å². The molecule has 0 aliphatic carbocycles. The number of hydrogen-bond donors (Lipinski definition) is 0. The molecule has 0 amide bonds. The molecule has 3 aromatic heterocycles. The van der Waals surface area contributed by atoms with Crippen LogP contribution >= 0.6 is 23.1 Å². The molecule has 7 nitrogen and oxygen atoms in total. The smallest absolute Gasteiger partial charge is 0.193 e. The number of thioether (sulfide) groups is 1. The summed E-state index contributed by atoms with van der Waals surface area (Å²) in [6.45, 7) is 3.94. The molecule has 0 saturated heterocycles. The van der Waals surface area contributed by atoms with Crippen LogP contribution in [0.3, 0.4) is 0 Å². The van der Waals surface area contributed by atoms with Crippen molar-refractivity contribution < 1.29 is 9.53 Å². The first kappa shape index (κ1) is 20.4. The summed E-state index contributed by atoms with van der Waals surface area (Å²) in [7, 11) is 3.54. The highest BCUT2D eigenvalue weighted by Gasteiger charge is 2.19. The summed E-state index contributed by atoms with van der Waals surface area (Å²) in [6, 6.07) is 9.59. The summed E-state index contributed by atoms with van der Waals surface area (Å²) in [6.07, 6.45) is 1.77. The normalized spacial score (nSPS) is 11.1. The number of ketones is 1. The van der Waals surface area contributed by atoms with Gasteiger partial charge in [-0.05, 0) is 44.2 Å². The minimum atomic E-state index is 0.0601. The van der Waals surface area contributed by atoms with E-state index in [-0.39, 0.29) is 11.5 Å². The maximum Gasteiger partial charge on any atom is 0.193 e. The zero-order valence-electron chi connectivity index (χ0n) is 17.1. The second-order valence-corrected chi connectivity index (χ2v) is 8.56. The Kier molecular flexibility index (Phi) is 5.74. The average molecular weight is 440 g/mol. The Morgan fingerprint density at radius 1 is 1.20 bits per heavy atom. The number of thiazole rings is 1. The number of aromatic nitrogens is 5. The van der Waals surface area contributed by atoms with E-state index in [1.54, 1.807) is 24.6 Å². The van der Waals surface area contributed by atoms with Crippen molar-refractivity contribution >= 4 is 28.9 Å². The Labute approximate surface area is 182 Å². The van der Waals surface area contributed by atoms with Crippen molar-refractivity contribution in [1.29, 1.82) is 0 Å². The van der Waals surface area contributed by atoms with Crippen LogP contribution in [0.4, 0.5) is 0 Å². The monoisotopic (exact) mass is 439 g/mol. The van der Waals surface area contributed by atoms with Gasteiger partial charge in [0.1, 0.15) is 5.75 Å². The molecule has 0 aliphatic rings. The van der Waals surface area contributed by atoms with E-state index in [1.807, 2.05) is 65.7 Å². The van der Waals surface area contributed by atoms with E-state index in [0.29, 0.717) is 10.7 Å². The third-order valence-electron chi connectivity index (χ3n) is 4.86. The Balaban J connectivity index is 1.50. The van der Waals surface area contributed by atoms with E-state index in [1.165, 1.54) is 11.8 Å². The van der Waals surface area contributed by atoms with Crippen LogP contribution < -0.4 is 4.74 Å². The van der Waals surface area contributed by atoms with Gasteiger partial charge in [-0.15, -0.1) is 21.5 Å². The molecule has 30 heavy (non-hydrogen) atoms. The minimum absolute atomic E-state index is 0.0601. The third kappa shape index (κ3) is 3.78. The predicted molar refractivity (Wildman–Crippen MR) is 119 cm³/mol. The van der Waals surface area contributed by atoms with Crippen molar-refractivity contribution in [2.45, 2.75) is 19.0 Å². The van der Waals surface area contributed by atoms with Gasteiger partial charge in [-0.3, -0.25) is 9.36 Å². The summed E-state index contributed by atoms with van der Waals surface area (Å²) in [5.41, 5.74) is 3.56. The molecule has 0 bridgehead atoms. The van der Waals surface area contributed by atoms with Gasteiger partial charge in [0.25, 0.3) is 0 Å². The molecule has 0 fully saturated rings. The molecule has 4 rings (SSSR count). The fourth-order valence-electron chi connectivity index (χ4n) is 3.31. The Morgan fingerprint density at radius 3 is 2.63 bits per heavy atom. The number of ether oxygens (including phenoxy) is 1. The van der Waals surface area contributed by atoms with Gasteiger partial charge in [-0.2, -0.15) is 0 Å². The van der Waals surface area contributed by atoms with E-state index < -0.39 is 0 Å². The largest absolute Gasteiger partial charge is 0.497 e. The first-order valence-electron chi connectivity index (χ1n) is 9.28. The molecule has 0 aliphatic heterocycles. The fourth-order valence-corrected chi connectivity index (χ4v) is 4.85. The minimum Gasteiger partial charge on any atom is -0.497 e. The summed E-state index contributed by atoms with van der Waals surface area (Å²) in [5, 5.41) is 12.1. The van der Waals surface area contributed by atoms with E-state index in [2.05, 4.69) is 15.2 Å². The van der Waals surface area contributed by atoms with Crippen LogP contribution in [-0.4, -0.2) is 43.0 Å². The highest BCUT2D eigenvalue weighted by Crippen LogP contribution is 2.27. The number of hydrogen-bond acceptors (Lipinski definition) is 7. The van der Waals surface area contributed by atoms with Gasteiger partial charge in [0.2, 0.25) is 0 Å². The second-order valence-electron chi connectivity index (χ2n) is 6.74. The van der Waals surface area contributed by atoms with E-state index >= 15 is 0 Å². The van der Waals surface area contributed by atoms with Gasteiger partial charge in [0.15, 0.2) is 21.9 Å². The quantitative estimate of drug-likeness (QED) is 0.315. The van der Waals surface area contributed by atoms with Crippen molar-refractivity contribution in [3.63, 3.8) is 0 Å². The van der Waals surface area contributed by atoms with Gasteiger partial charge in [0, 0.05) is 41.1 Å². The molecule has 0 saturated carbocycles. The summed E-state index contributed by atoms with van der Waals surface area (Å²) in [5.74, 6) is 1.88. The van der Waals surface area contributed by atoms with Crippen molar-refractivity contribution in [3.05, 3.63) is 58.9 Å². The van der Waals surface area contributed by atoms with E-state index in [4.69, 9.17) is 4.74 Å². The van der Waals surface area contributed by atoms with Crippen LogP contribution in [0.1, 0.15) is 21.7 Å². The SMILES string of the molecule is COc1ccc(-c2nnc(SCC(=O)c3cc(C)n(-c4nccs4)c3C)n2C)cc1. The summed E-state index contributed by atoms with van der Waals surface area (Å²) in [4.78, 5) is 17.3. The van der Waals surface area contributed by atoms with E-state index in [9.17, 15) is 4.79 Å². The van der Waals surface area contributed by atoms with Crippen LogP contribution in [0.25, 0.3) is 16.5 Å². The van der Waals surface area contributed by atoms with Crippen molar-refractivity contribution in [1.82, 2.24) is 24.3 Å². The van der Waals surface area contributed by atoms with Crippen LogP contribution in [0.5, 0.6) is 5.75 Å². The zero-order valence-corrected chi connectivity index (χ0v) is 18.8. The first-order chi connectivity index (χ1) is 14.5. The van der Waals surface area contributed by atoms with Crippen molar-refractivity contribution in [2.24, 2.45) is 7.05 Å². The van der Waals surface area contributed by atoms with Gasteiger partial charge >= 0.3 is 0 Å². The number of methoxy groups -OCH3 is 1. The number of carbonyl (C=O) groups excluding carboxylic acids is 1. The highest BCUT2D eigenvalue weighted by atomic mass is 32.2. The lowest BCUT2D eigenvalue weighted by Gasteiger charge is -2.06. The second kappa shape index (κ2) is 8.45. The molecule has 1 aromatic carbocycles. The summed E-state index contributed by atoms with van der Waals surface area (Å²) >= 11 is 2.94. The molecule has 0 unspecified atom stereocenters. The molecule has 0 N–H and O–H groups in total. The molecule has 154 valence electrons. The molecular formula is C21H21N5O2S2. The molecular weight excluding hydrogens is 418 g/mol. The first-order valence-corrected chi connectivity index (χ1v) is 11.1. The lowest BCUT2D eigenvalue weighted by Crippen LogP contribution is -2.06. The Hall–Kier alpha value is -2.91. The lowest BCUT2D eigenvalue weighted by molar-refractivity contribution is 0.102. The number of aryl methyl sites for hydroxylation is 1. The average Bonchev–Trinajstić information content (AvgIpc) is 3.46. The maximum absolute atomic E-state index is 12.9. The third-order valence-corrected chi connectivity index (χ3v) is 6.63. The number of Topliss-reactive ketones (excluding diaryl/α,β-unsaturated/α-hetero) is 1. The molecule has 0 spiro atoms. The van der Waals surface area contributed by atoms with Crippen LogP contribution in [-0.2, 0) is 7.05 Å². The number of rotatable bonds is 7. The Morgan fingerprint density at radius 2 is 1.97 bits per heavy atom. The van der Waals surface area contributed by atoms with Crippen molar-refractivity contribution in [3.8, 4) is 22.3 Å². The maximum atomic E-state index is 12.9. The summed E-state index contributed by atoms with van der Waals surface area (Å²) < 4.78 is 9.12. The lowest BCUT2D eigenvalue weighted by atomic mass is 10.2. The van der Waals surface area contributed by atoms with Crippen LogP contribution in [0.2, 0.25) is 0 Å². The predicted octanol–water partition coefficient (Wildman–Crippen LogP) is 4.33. The van der Waals surface area contributed by atoms with E-state index in [0.717, 1.165) is 33.7 Å². The number of benzene rings is 1. The number of carbonyl (C=O) groups is 1. The van der Waals surface area contributed by atoms with Gasteiger partial charge < -0.3 is 9.30 Å². The van der Waals surface area contributed by atoms with Gasteiger partial charge in [-0.1, -0.05) is 11.8 Å². The van der Waals surface area contributed by atoms with Gasteiger partial charge in [0.05, 0.1) is 12.9 Å². The molecule has 4 aromatic rings. The van der Waals surface area contributed by atoms with Crippen LogP contribution in [0, 0.1) is 13.8 Å². The number of nitrogens with zero attached hydrogens (tertiary/aromatic N) is 5. The molecule has 3 heterocycles. The standard InChI is InChI=1S/C21H21N5O2S2/c1-13-11-17(14(2)26(13)20-22-9-10-29-20)18(27)12-30-21-24-23-19(25(21)3)15-5-7-16(28-4)8-6-15/h5-11H,12H2,1-4H3. The zero-order chi connectivity index (χ0) is 21.3. The highest BCUT2D eigenvalue weighted by molar-refractivity contribution is 7.99. The fraction of sp³-hybridized carbons (Fsp3) is 0.238. The Bertz CT molecular complexity index is 1180. The molecule has 0 radical (unpaired) electrons.